The van der Waals surface area contributed by atoms with Crippen LogP contribution in [0.4, 0.5) is 0 Å². The van der Waals surface area contributed by atoms with Crippen molar-refractivity contribution in [3.63, 3.8) is 0 Å². The van der Waals surface area contributed by atoms with Crippen molar-refractivity contribution < 1.29 is 19.1 Å². The summed E-state index contributed by atoms with van der Waals surface area (Å²) in [4.78, 5) is 36.9. The van der Waals surface area contributed by atoms with Crippen molar-refractivity contribution >= 4 is 17.8 Å². The molecule has 0 saturated carbocycles. The van der Waals surface area contributed by atoms with Gasteiger partial charge in [-0.3, -0.25) is 14.5 Å². The normalized spacial score (nSPS) is 17.7. The van der Waals surface area contributed by atoms with Crippen molar-refractivity contribution in [1.82, 2.24) is 4.90 Å². The first-order valence-corrected chi connectivity index (χ1v) is 6.84. The molecule has 0 radical (unpaired) electrons. The van der Waals surface area contributed by atoms with Gasteiger partial charge in [0, 0.05) is 12.8 Å². The van der Waals surface area contributed by atoms with E-state index in [0.29, 0.717) is 5.56 Å². The van der Waals surface area contributed by atoms with Gasteiger partial charge < -0.3 is 10.5 Å². The molecule has 1 aliphatic heterocycles. The first-order chi connectivity index (χ1) is 9.99. The number of benzene rings is 1. The van der Waals surface area contributed by atoms with E-state index in [9.17, 15) is 14.4 Å². The van der Waals surface area contributed by atoms with E-state index in [4.69, 9.17) is 10.5 Å². The number of imide groups is 1. The summed E-state index contributed by atoms with van der Waals surface area (Å²) in [5.41, 5.74) is 5.19. The zero-order valence-electron chi connectivity index (χ0n) is 11.9. The number of carbonyl (C=O) groups excluding carboxylic acids is 3. The first-order valence-electron chi connectivity index (χ1n) is 6.84. The molecule has 2 amide bonds. The van der Waals surface area contributed by atoms with Gasteiger partial charge in [-0.2, -0.15) is 0 Å². The second kappa shape index (κ2) is 6.05. The fourth-order valence-corrected chi connectivity index (χ4v) is 2.32. The molecular formula is C15H18N2O4. The fraction of sp³-hybridized carbons (Fsp3) is 0.400. The molecule has 0 aliphatic carbocycles. The van der Waals surface area contributed by atoms with E-state index in [-0.39, 0.29) is 37.8 Å². The van der Waals surface area contributed by atoms with Crippen LogP contribution in [0.3, 0.4) is 0 Å². The first kappa shape index (κ1) is 15.2. The molecule has 6 heteroatoms. The van der Waals surface area contributed by atoms with Crippen LogP contribution in [0.15, 0.2) is 30.3 Å². The average Bonchev–Trinajstić information content (AvgIpc) is 2.80. The summed E-state index contributed by atoms with van der Waals surface area (Å²) >= 11 is 0. The monoisotopic (exact) mass is 290 g/mol. The Morgan fingerprint density at radius 3 is 2.33 bits per heavy atom. The number of ether oxygens (including phenoxy) is 1. The van der Waals surface area contributed by atoms with Gasteiger partial charge in [-0.15, -0.1) is 0 Å². The number of hydrogen-bond donors (Lipinski definition) is 1. The van der Waals surface area contributed by atoms with E-state index >= 15 is 0 Å². The molecule has 0 aromatic heterocycles. The van der Waals surface area contributed by atoms with Crippen molar-refractivity contribution in [2.24, 2.45) is 5.73 Å². The van der Waals surface area contributed by atoms with Gasteiger partial charge in [0.05, 0.1) is 13.2 Å². The maximum Gasteiger partial charge on any atom is 0.332 e. The van der Waals surface area contributed by atoms with E-state index in [1.165, 1.54) is 0 Å². The second-order valence-corrected chi connectivity index (χ2v) is 4.93. The molecule has 1 heterocycles. The predicted molar refractivity (Wildman–Crippen MR) is 74.9 cm³/mol. The molecule has 2 rings (SSSR count). The van der Waals surface area contributed by atoms with Crippen molar-refractivity contribution in [2.75, 3.05) is 13.2 Å². The smallest absolute Gasteiger partial charge is 0.332 e. The molecule has 1 aromatic carbocycles. The molecular weight excluding hydrogens is 272 g/mol. The molecule has 1 atom stereocenters. The lowest BCUT2D eigenvalue weighted by atomic mass is 9.90. The standard InChI is InChI=1S/C15H18N2O4/c1-2-21-14(20)15(16,11-6-4-3-5-7-11)10-17-12(18)8-9-13(17)19/h3-7H,2,8-10,16H2,1H3. The Morgan fingerprint density at radius 2 is 1.81 bits per heavy atom. The van der Waals surface area contributed by atoms with Gasteiger partial charge in [-0.05, 0) is 12.5 Å². The minimum atomic E-state index is -1.55. The van der Waals surface area contributed by atoms with Gasteiger partial charge in [0.2, 0.25) is 11.8 Å². The average molecular weight is 290 g/mol. The molecule has 1 aliphatic rings. The van der Waals surface area contributed by atoms with E-state index in [1.807, 2.05) is 0 Å². The Kier molecular flexibility index (Phi) is 4.37. The summed E-state index contributed by atoms with van der Waals surface area (Å²) in [6.45, 7) is 1.65. The number of likely N-dealkylation sites (tertiary alicyclic amines) is 1. The highest BCUT2D eigenvalue weighted by molar-refractivity contribution is 6.02. The lowest BCUT2D eigenvalue weighted by molar-refractivity contribution is -0.152. The molecule has 2 N–H and O–H groups in total. The van der Waals surface area contributed by atoms with Crippen LogP contribution in [0.5, 0.6) is 0 Å². The number of hydrogen-bond acceptors (Lipinski definition) is 5. The zero-order chi connectivity index (χ0) is 15.5. The largest absolute Gasteiger partial charge is 0.464 e. The molecule has 0 spiro atoms. The van der Waals surface area contributed by atoms with Gasteiger partial charge in [0.25, 0.3) is 0 Å². The molecule has 0 bridgehead atoms. The summed E-state index contributed by atoms with van der Waals surface area (Å²) in [6, 6.07) is 8.64. The van der Waals surface area contributed by atoms with E-state index < -0.39 is 11.5 Å². The summed E-state index contributed by atoms with van der Waals surface area (Å²) in [7, 11) is 0. The number of carbonyl (C=O) groups is 3. The Labute approximate surface area is 122 Å². The number of nitrogens with two attached hydrogens (primary N) is 1. The lowest BCUT2D eigenvalue weighted by Gasteiger charge is -2.31. The quantitative estimate of drug-likeness (QED) is 0.632. The van der Waals surface area contributed by atoms with Crippen LogP contribution in [-0.2, 0) is 24.7 Å². The van der Waals surface area contributed by atoms with Crippen LogP contribution in [0, 0.1) is 0 Å². The highest BCUT2D eigenvalue weighted by atomic mass is 16.5. The summed E-state index contributed by atoms with van der Waals surface area (Å²) in [5.74, 6) is -1.27. The topological polar surface area (TPSA) is 89.7 Å². The molecule has 21 heavy (non-hydrogen) atoms. The van der Waals surface area contributed by atoms with E-state index in [1.54, 1.807) is 37.3 Å². The Balaban J connectivity index is 2.34. The maximum atomic E-state index is 12.3. The highest BCUT2D eigenvalue weighted by Crippen LogP contribution is 2.24. The summed E-state index contributed by atoms with van der Waals surface area (Å²) in [5, 5.41) is 0. The Hall–Kier alpha value is -2.21. The Morgan fingerprint density at radius 1 is 1.24 bits per heavy atom. The number of amides is 2. The number of rotatable bonds is 5. The van der Waals surface area contributed by atoms with Crippen LogP contribution in [0.2, 0.25) is 0 Å². The zero-order valence-corrected chi connectivity index (χ0v) is 11.9. The second-order valence-electron chi connectivity index (χ2n) is 4.93. The van der Waals surface area contributed by atoms with Crippen LogP contribution in [-0.4, -0.2) is 35.8 Å². The van der Waals surface area contributed by atoms with Crippen LogP contribution in [0.1, 0.15) is 25.3 Å². The summed E-state index contributed by atoms with van der Waals surface area (Å²) in [6.07, 6.45) is 0.319. The van der Waals surface area contributed by atoms with Crippen LogP contribution in [0.25, 0.3) is 0 Å². The molecule has 1 aromatic rings. The minimum absolute atomic E-state index is 0.159. The molecule has 1 saturated heterocycles. The van der Waals surface area contributed by atoms with Gasteiger partial charge in [-0.25, -0.2) is 4.79 Å². The lowest BCUT2D eigenvalue weighted by Crippen LogP contribution is -2.55. The van der Waals surface area contributed by atoms with Crippen LogP contribution >= 0.6 is 0 Å². The van der Waals surface area contributed by atoms with Crippen molar-refractivity contribution in [3.8, 4) is 0 Å². The van der Waals surface area contributed by atoms with Gasteiger partial charge in [0.15, 0.2) is 5.54 Å². The molecule has 6 nitrogen and oxygen atoms in total. The predicted octanol–water partition coefficient (Wildman–Crippen LogP) is 0.553. The minimum Gasteiger partial charge on any atom is -0.464 e. The summed E-state index contributed by atoms with van der Waals surface area (Å²) < 4.78 is 5.03. The third-order valence-corrected chi connectivity index (χ3v) is 3.49. The van der Waals surface area contributed by atoms with Crippen molar-refractivity contribution in [3.05, 3.63) is 35.9 Å². The van der Waals surface area contributed by atoms with E-state index in [2.05, 4.69) is 0 Å². The van der Waals surface area contributed by atoms with Crippen molar-refractivity contribution in [2.45, 2.75) is 25.3 Å². The highest BCUT2D eigenvalue weighted by Gasteiger charge is 2.43. The SMILES string of the molecule is CCOC(=O)C(N)(CN1C(=O)CCC1=O)c1ccccc1. The number of nitrogens with zero attached hydrogens (tertiary/aromatic N) is 1. The molecule has 112 valence electrons. The van der Waals surface area contributed by atoms with Crippen molar-refractivity contribution in [1.29, 1.82) is 0 Å². The molecule has 1 unspecified atom stereocenters. The third-order valence-electron chi connectivity index (χ3n) is 3.49. The Bertz CT molecular complexity index is 542. The van der Waals surface area contributed by atoms with Gasteiger partial charge >= 0.3 is 5.97 Å². The van der Waals surface area contributed by atoms with E-state index in [0.717, 1.165) is 4.90 Å². The van der Waals surface area contributed by atoms with Gasteiger partial charge in [0.1, 0.15) is 0 Å². The van der Waals surface area contributed by atoms with Crippen LogP contribution < -0.4 is 5.73 Å². The third kappa shape index (κ3) is 2.95. The number of esters is 1. The fourth-order valence-electron chi connectivity index (χ4n) is 2.32. The molecule has 1 fully saturated rings. The maximum absolute atomic E-state index is 12.3. The van der Waals surface area contributed by atoms with Gasteiger partial charge in [-0.1, -0.05) is 30.3 Å².